The van der Waals surface area contributed by atoms with Crippen LogP contribution in [0.15, 0.2) is 24.3 Å². The van der Waals surface area contributed by atoms with Crippen LogP contribution in [0.5, 0.6) is 0 Å². The highest BCUT2D eigenvalue weighted by Gasteiger charge is 2.18. The molecule has 0 aliphatic carbocycles. The number of hydrogen-bond donors (Lipinski definition) is 1. The molecule has 7 heteroatoms. The summed E-state index contributed by atoms with van der Waals surface area (Å²) in [7, 11) is 3.42. The van der Waals surface area contributed by atoms with Crippen molar-refractivity contribution in [3.8, 4) is 0 Å². The molecule has 21 heavy (non-hydrogen) atoms. The molecular weight excluding hydrogens is 269 g/mol. The topological polar surface area (TPSA) is 54.0 Å². The first-order valence-electron chi connectivity index (χ1n) is 7.12. The van der Waals surface area contributed by atoms with Gasteiger partial charge in [-0.1, -0.05) is 6.07 Å². The van der Waals surface area contributed by atoms with Gasteiger partial charge in [0.15, 0.2) is 0 Å². The average Bonchev–Trinajstić information content (AvgIpc) is 2.49. The van der Waals surface area contributed by atoms with Crippen LogP contribution in [0.25, 0.3) is 0 Å². The zero-order chi connectivity index (χ0) is 15.1. The van der Waals surface area contributed by atoms with Gasteiger partial charge in [0.05, 0.1) is 6.61 Å². The number of amides is 1. The van der Waals surface area contributed by atoms with Gasteiger partial charge in [0.2, 0.25) is 0 Å². The summed E-state index contributed by atoms with van der Waals surface area (Å²) in [6.45, 7) is 5.83. The zero-order valence-corrected chi connectivity index (χ0v) is 12.5. The lowest BCUT2D eigenvalue weighted by Crippen LogP contribution is -2.48. The zero-order valence-electron chi connectivity index (χ0n) is 12.5. The quantitative estimate of drug-likeness (QED) is 0.834. The van der Waals surface area contributed by atoms with Gasteiger partial charge in [-0.25, -0.2) is 4.79 Å². The lowest BCUT2D eigenvalue weighted by Gasteiger charge is -2.35. The number of anilines is 2. The van der Waals surface area contributed by atoms with Gasteiger partial charge in [0.1, 0.15) is 0 Å². The summed E-state index contributed by atoms with van der Waals surface area (Å²) in [6.07, 6.45) is -0.422. The highest BCUT2D eigenvalue weighted by molar-refractivity contribution is 6.23. The Bertz CT molecular complexity index is 465. The predicted molar refractivity (Wildman–Crippen MR) is 83.6 cm³/mol. The summed E-state index contributed by atoms with van der Waals surface area (Å²) < 4.78 is 9.91. The maximum absolute atomic E-state index is 11.4. The lowest BCUT2D eigenvalue weighted by atomic mass is 10.1. The number of rotatable bonds is 5. The number of hydrogen-bond acceptors (Lipinski definition) is 5. The number of carbonyl (C=O) groups excluding carboxylic acids is 1. The third-order valence-corrected chi connectivity index (χ3v) is 3.30. The first-order chi connectivity index (χ1) is 10.2. The van der Waals surface area contributed by atoms with E-state index in [4.69, 9.17) is 9.39 Å². The van der Waals surface area contributed by atoms with Crippen LogP contribution in [0.3, 0.4) is 0 Å². The molecule has 1 N–H and O–H groups in total. The van der Waals surface area contributed by atoms with E-state index in [0.717, 1.165) is 37.6 Å². The predicted octanol–water partition coefficient (Wildman–Crippen LogP) is 1.56. The summed E-state index contributed by atoms with van der Waals surface area (Å²) in [6, 6.07) is 7.80. The molecule has 0 bridgehead atoms. The highest BCUT2D eigenvalue weighted by Crippen LogP contribution is 2.21. The summed E-state index contributed by atoms with van der Waals surface area (Å²) >= 11 is 0. The Morgan fingerprint density at radius 2 is 2.10 bits per heavy atom. The van der Waals surface area contributed by atoms with Gasteiger partial charge >= 0.3 is 13.7 Å². The average molecular weight is 290 g/mol. The molecule has 1 heterocycles. The van der Waals surface area contributed by atoms with Crippen molar-refractivity contribution in [1.82, 2.24) is 4.81 Å². The van der Waals surface area contributed by atoms with Crippen molar-refractivity contribution in [3.05, 3.63) is 24.3 Å². The SMILES string of the molecule is CCOC(=O)Nc1cccc(N2CCN([B]OC)CC2)c1. The summed E-state index contributed by atoms with van der Waals surface area (Å²) in [4.78, 5) is 15.9. The van der Waals surface area contributed by atoms with Crippen molar-refractivity contribution in [3.63, 3.8) is 0 Å². The van der Waals surface area contributed by atoms with Crippen LogP contribution < -0.4 is 10.2 Å². The molecule has 0 unspecified atom stereocenters. The number of benzene rings is 1. The first-order valence-corrected chi connectivity index (χ1v) is 7.12. The van der Waals surface area contributed by atoms with Crippen LogP contribution in [-0.2, 0) is 9.39 Å². The van der Waals surface area contributed by atoms with Crippen LogP contribution in [0, 0.1) is 0 Å². The highest BCUT2D eigenvalue weighted by atomic mass is 16.5. The fraction of sp³-hybridized carbons (Fsp3) is 0.500. The molecular formula is C14H21BN3O3. The molecule has 2 rings (SSSR count). The Morgan fingerprint density at radius 1 is 1.33 bits per heavy atom. The maximum Gasteiger partial charge on any atom is 0.411 e. The Morgan fingerprint density at radius 3 is 2.76 bits per heavy atom. The molecule has 6 nitrogen and oxygen atoms in total. The van der Waals surface area contributed by atoms with Crippen LogP contribution >= 0.6 is 0 Å². The summed E-state index contributed by atoms with van der Waals surface area (Å²) in [5.74, 6) is 0. The van der Waals surface area contributed by atoms with E-state index in [9.17, 15) is 4.79 Å². The van der Waals surface area contributed by atoms with Crippen LogP contribution in [0.1, 0.15) is 6.92 Å². The molecule has 1 aromatic rings. The van der Waals surface area contributed by atoms with Crippen molar-refractivity contribution in [2.24, 2.45) is 0 Å². The Hall–Kier alpha value is -1.73. The van der Waals surface area contributed by atoms with Crippen molar-refractivity contribution in [1.29, 1.82) is 0 Å². The van der Waals surface area contributed by atoms with E-state index in [1.807, 2.05) is 24.3 Å². The molecule has 0 aromatic heterocycles. The third-order valence-electron chi connectivity index (χ3n) is 3.30. The molecule has 1 aliphatic rings. The molecule has 1 amide bonds. The molecule has 1 saturated heterocycles. The monoisotopic (exact) mass is 290 g/mol. The molecule has 113 valence electrons. The number of piperazine rings is 1. The van der Waals surface area contributed by atoms with Crippen molar-refractivity contribution < 1.29 is 14.2 Å². The van der Waals surface area contributed by atoms with Gasteiger partial charge in [-0.2, -0.15) is 0 Å². The summed E-state index contributed by atoms with van der Waals surface area (Å²) in [5.41, 5.74) is 1.85. The second-order valence-corrected chi connectivity index (χ2v) is 4.76. The molecule has 1 aromatic carbocycles. The van der Waals surface area contributed by atoms with E-state index in [1.54, 1.807) is 21.7 Å². The first kappa shape index (κ1) is 15.7. The van der Waals surface area contributed by atoms with Crippen LogP contribution in [0.2, 0.25) is 0 Å². The molecule has 0 atom stereocenters. The Balaban J connectivity index is 1.93. The normalized spacial score (nSPS) is 15.6. The minimum Gasteiger partial charge on any atom is -0.450 e. The van der Waals surface area contributed by atoms with Crippen molar-refractivity contribution >= 4 is 25.1 Å². The van der Waals surface area contributed by atoms with Gasteiger partial charge in [0.25, 0.3) is 0 Å². The lowest BCUT2D eigenvalue weighted by molar-refractivity contribution is 0.168. The maximum atomic E-state index is 11.4. The number of ether oxygens (including phenoxy) is 1. The number of nitrogens with zero attached hydrogens (tertiary/aromatic N) is 2. The second kappa shape index (κ2) is 7.90. The van der Waals surface area contributed by atoms with Crippen LogP contribution in [0.4, 0.5) is 16.2 Å². The van der Waals surface area contributed by atoms with Gasteiger partial charge < -0.3 is 19.1 Å². The second-order valence-electron chi connectivity index (χ2n) is 4.76. The van der Waals surface area contributed by atoms with Crippen LogP contribution in [-0.4, -0.2) is 58.4 Å². The van der Waals surface area contributed by atoms with Crippen molar-refractivity contribution in [2.75, 3.05) is 50.1 Å². The van der Waals surface area contributed by atoms with E-state index in [2.05, 4.69) is 15.0 Å². The smallest absolute Gasteiger partial charge is 0.411 e. The van der Waals surface area contributed by atoms with Gasteiger partial charge in [-0.3, -0.25) is 5.32 Å². The molecule has 0 spiro atoms. The molecule has 1 fully saturated rings. The summed E-state index contributed by atoms with van der Waals surface area (Å²) in [5, 5.41) is 2.73. The fourth-order valence-electron chi connectivity index (χ4n) is 2.30. The molecule has 1 aliphatic heterocycles. The molecule has 0 saturated carbocycles. The number of nitrogens with one attached hydrogen (secondary N) is 1. The Labute approximate surface area is 126 Å². The van der Waals surface area contributed by atoms with Crippen molar-refractivity contribution in [2.45, 2.75) is 6.92 Å². The molecule has 1 radical (unpaired) electrons. The minimum atomic E-state index is -0.422. The number of carbonyl (C=O) groups is 1. The van der Waals surface area contributed by atoms with E-state index in [-0.39, 0.29) is 0 Å². The van der Waals surface area contributed by atoms with Gasteiger partial charge in [0, 0.05) is 44.7 Å². The standard InChI is InChI=1S/C14H21BN3O3/c1-3-21-14(19)16-12-5-4-6-13(11-12)17-7-9-18(10-8-17)15-20-2/h4-6,11H,3,7-10H2,1-2H3,(H,16,19). The van der Waals surface area contributed by atoms with Gasteiger partial charge in [-0.15, -0.1) is 0 Å². The third kappa shape index (κ3) is 4.65. The largest absolute Gasteiger partial charge is 0.450 e. The minimum absolute atomic E-state index is 0.365. The van der Waals surface area contributed by atoms with E-state index in [0.29, 0.717) is 6.61 Å². The Kier molecular flexibility index (Phi) is 5.89. The fourth-order valence-corrected chi connectivity index (χ4v) is 2.30. The van der Waals surface area contributed by atoms with E-state index >= 15 is 0 Å². The van der Waals surface area contributed by atoms with Gasteiger partial charge in [-0.05, 0) is 25.1 Å². The van der Waals surface area contributed by atoms with E-state index < -0.39 is 6.09 Å². The van der Waals surface area contributed by atoms with E-state index in [1.165, 1.54) is 0 Å².